The standard InChI is InChI=1S/C28H40N2O3/c1-17(2)21-13-19(9-5-7-11-29)15-23-25(21)31-28-24-16-20(10-6-8-12-30)14-22(18(3)4)26(24)32-27(23)33-28/h13-18,27-28H,5-12,29-30H2,1-4H3. The maximum absolute atomic E-state index is 6.58. The highest BCUT2D eigenvalue weighted by atomic mass is 16.8. The van der Waals surface area contributed by atoms with Gasteiger partial charge in [-0.2, -0.15) is 0 Å². The number of nitrogens with two attached hydrogens (primary N) is 2. The molecule has 0 aliphatic carbocycles. The van der Waals surface area contributed by atoms with Crippen molar-refractivity contribution in [2.45, 2.75) is 90.6 Å². The third kappa shape index (κ3) is 5.06. The summed E-state index contributed by atoms with van der Waals surface area (Å²) in [7, 11) is 0. The maximum Gasteiger partial charge on any atom is 0.233 e. The first-order valence-electron chi connectivity index (χ1n) is 12.6. The van der Waals surface area contributed by atoms with Crippen LogP contribution in [-0.2, 0) is 17.6 Å². The van der Waals surface area contributed by atoms with Crippen molar-refractivity contribution in [2.24, 2.45) is 11.5 Å². The number of rotatable bonds is 10. The zero-order valence-electron chi connectivity index (χ0n) is 20.7. The van der Waals surface area contributed by atoms with Gasteiger partial charge in [-0.15, -0.1) is 0 Å². The van der Waals surface area contributed by atoms with E-state index in [1.807, 2.05) is 0 Å². The first-order valence-corrected chi connectivity index (χ1v) is 12.6. The zero-order chi connectivity index (χ0) is 23.5. The molecule has 2 aliphatic rings. The minimum absolute atomic E-state index is 0.348. The maximum atomic E-state index is 6.58. The van der Waals surface area contributed by atoms with E-state index in [4.69, 9.17) is 25.7 Å². The number of aryl methyl sites for hydroxylation is 2. The molecule has 5 nitrogen and oxygen atoms in total. The Labute approximate surface area is 198 Å². The Morgan fingerprint density at radius 1 is 0.667 bits per heavy atom. The predicted octanol–water partition coefficient (Wildman–Crippen LogP) is 6.00. The molecule has 4 N–H and O–H groups in total. The van der Waals surface area contributed by atoms with Gasteiger partial charge in [0.2, 0.25) is 12.6 Å². The van der Waals surface area contributed by atoms with Gasteiger partial charge in [0.15, 0.2) is 0 Å². The Bertz CT molecular complexity index is 893. The van der Waals surface area contributed by atoms with Gasteiger partial charge >= 0.3 is 0 Å². The van der Waals surface area contributed by atoms with Gasteiger partial charge in [0.25, 0.3) is 0 Å². The Balaban J connectivity index is 1.72. The van der Waals surface area contributed by atoms with Crippen molar-refractivity contribution in [3.05, 3.63) is 57.6 Å². The molecule has 0 fully saturated rings. The van der Waals surface area contributed by atoms with Crippen LogP contribution in [0.3, 0.4) is 0 Å². The molecule has 4 rings (SSSR count). The van der Waals surface area contributed by atoms with E-state index < -0.39 is 12.6 Å². The molecule has 2 heterocycles. The van der Waals surface area contributed by atoms with Crippen LogP contribution in [0.2, 0.25) is 0 Å². The highest BCUT2D eigenvalue weighted by Crippen LogP contribution is 2.52. The molecule has 2 atom stereocenters. The average Bonchev–Trinajstić information content (AvgIpc) is 2.79. The lowest BCUT2D eigenvalue weighted by molar-refractivity contribution is -0.228. The van der Waals surface area contributed by atoms with Crippen molar-refractivity contribution in [1.82, 2.24) is 0 Å². The van der Waals surface area contributed by atoms with Crippen molar-refractivity contribution < 1.29 is 14.2 Å². The van der Waals surface area contributed by atoms with Crippen LogP contribution in [0.15, 0.2) is 24.3 Å². The van der Waals surface area contributed by atoms with Crippen molar-refractivity contribution in [3.63, 3.8) is 0 Å². The van der Waals surface area contributed by atoms with Crippen LogP contribution in [-0.4, -0.2) is 13.1 Å². The molecular formula is C28H40N2O3. The van der Waals surface area contributed by atoms with Crippen LogP contribution in [0.25, 0.3) is 0 Å². The summed E-state index contributed by atoms with van der Waals surface area (Å²) in [5, 5.41) is 0. The fourth-order valence-electron chi connectivity index (χ4n) is 4.85. The van der Waals surface area contributed by atoms with E-state index in [-0.39, 0.29) is 0 Å². The normalized spacial score (nSPS) is 18.7. The predicted molar refractivity (Wildman–Crippen MR) is 133 cm³/mol. The second-order valence-corrected chi connectivity index (χ2v) is 10.0. The zero-order valence-corrected chi connectivity index (χ0v) is 20.7. The second kappa shape index (κ2) is 10.5. The van der Waals surface area contributed by atoms with Gasteiger partial charge < -0.3 is 20.9 Å². The van der Waals surface area contributed by atoms with Gasteiger partial charge in [-0.25, -0.2) is 0 Å². The number of fused-ring (bicyclic) bond motifs is 6. The fraction of sp³-hybridized carbons (Fsp3) is 0.571. The second-order valence-electron chi connectivity index (χ2n) is 10.0. The Morgan fingerprint density at radius 2 is 1.09 bits per heavy atom. The van der Waals surface area contributed by atoms with E-state index in [0.717, 1.165) is 74.2 Å². The van der Waals surface area contributed by atoms with Gasteiger partial charge in [0.1, 0.15) is 11.5 Å². The van der Waals surface area contributed by atoms with E-state index >= 15 is 0 Å². The monoisotopic (exact) mass is 452 g/mol. The van der Waals surface area contributed by atoms with Crippen LogP contribution in [0, 0.1) is 0 Å². The third-order valence-corrected chi connectivity index (χ3v) is 6.70. The molecule has 0 amide bonds. The molecular weight excluding hydrogens is 412 g/mol. The molecule has 0 aromatic heterocycles. The van der Waals surface area contributed by atoms with E-state index in [1.54, 1.807) is 0 Å². The summed E-state index contributed by atoms with van der Waals surface area (Å²) < 4.78 is 19.5. The lowest BCUT2D eigenvalue weighted by Crippen LogP contribution is -2.32. The summed E-state index contributed by atoms with van der Waals surface area (Å²) in [6, 6.07) is 9.01. The van der Waals surface area contributed by atoms with Crippen LogP contribution >= 0.6 is 0 Å². The largest absolute Gasteiger partial charge is 0.459 e. The molecule has 0 spiro atoms. The van der Waals surface area contributed by atoms with E-state index in [1.165, 1.54) is 22.3 Å². The Hall–Kier alpha value is -2.08. The van der Waals surface area contributed by atoms with Gasteiger partial charge in [-0.3, -0.25) is 4.74 Å². The first kappa shape index (κ1) is 24.1. The summed E-state index contributed by atoms with van der Waals surface area (Å²) in [5.41, 5.74) is 18.5. The number of benzene rings is 2. The Kier molecular flexibility index (Phi) is 7.62. The fourth-order valence-corrected chi connectivity index (χ4v) is 4.85. The molecule has 33 heavy (non-hydrogen) atoms. The number of ether oxygens (including phenoxy) is 3. The van der Waals surface area contributed by atoms with Crippen LogP contribution < -0.4 is 20.9 Å². The highest BCUT2D eigenvalue weighted by molar-refractivity contribution is 5.53. The van der Waals surface area contributed by atoms with Crippen LogP contribution in [0.1, 0.15) is 111 Å². The SMILES string of the molecule is CC(C)c1cc(CCCCN)cc2c1OC1OC2Oc2c(C(C)C)cc(CCCCN)cc21. The van der Waals surface area contributed by atoms with Crippen molar-refractivity contribution >= 4 is 0 Å². The lowest BCUT2D eigenvalue weighted by Gasteiger charge is -2.40. The summed E-state index contributed by atoms with van der Waals surface area (Å²) in [5.74, 6) is 2.55. The molecule has 0 saturated carbocycles. The van der Waals surface area contributed by atoms with Crippen LogP contribution in [0.5, 0.6) is 11.5 Å². The van der Waals surface area contributed by atoms with Gasteiger partial charge in [0.05, 0.1) is 11.1 Å². The third-order valence-electron chi connectivity index (χ3n) is 6.70. The quantitative estimate of drug-likeness (QED) is 0.433. The first-order chi connectivity index (χ1) is 15.9. The minimum atomic E-state index is -0.446. The van der Waals surface area contributed by atoms with Crippen molar-refractivity contribution in [2.75, 3.05) is 13.1 Å². The molecule has 5 heteroatoms. The number of hydrogen-bond donors (Lipinski definition) is 2. The smallest absolute Gasteiger partial charge is 0.233 e. The van der Waals surface area contributed by atoms with E-state index in [2.05, 4.69) is 52.0 Å². The summed E-state index contributed by atoms with van der Waals surface area (Å²) in [6.07, 6.45) is 5.33. The van der Waals surface area contributed by atoms with Crippen LogP contribution in [0.4, 0.5) is 0 Å². The summed E-state index contributed by atoms with van der Waals surface area (Å²) in [6.45, 7) is 10.3. The molecule has 2 aromatic carbocycles. The van der Waals surface area contributed by atoms with E-state index in [0.29, 0.717) is 11.8 Å². The molecule has 180 valence electrons. The average molecular weight is 453 g/mol. The number of hydrogen-bond acceptors (Lipinski definition) is 5. The minimum Gasteiger partial charge on any atom is -0.459 e. The Morgan fingerprint density at radius 3 is 1.45 bits per heavy atom. The molecule has 0 saturated heterocycles. The van der Waals surface area contributed by atoms with Gasteiger partial charge in [-0.1, -0.05) is 39.8 Å². The summed E-state index contributed by atoms with van der Waals surface area (Å²) in [4.78, 5) is 0. The molecule has 0 radical (unpaired) electrons. The topological polar surface area (TPSA) is 79.7 Å². The molecule has 2 unspecified atom stereocenters. The summed E-state index contributed by atoms with van der Waals surface area (Å²) >= 11 is 0. The molecule has 2 bridgehead atoms. The van der Waals surface area contributed by atoms with Crippen molar-refractivity contribution in [1.29, 1.82) is 0 Å². The molecule has 2 aromatic rings. The van der Waals surface area contributed by atoms with Gasteiger partial charge in [0, 0.05) is 0 Å². The molecule has 2 aliphatic heterocycles. The van der Waals surface area contributed by atoms with Gasteiger partial charge in [-0.05, 0) is 97.8 Å². The van der Waals surface area contributed by atoms with Crippen molar-refractivity contribution in [3.8, 4) is 11.5 Å². The number of unbranched alkanes of at least 4 members (excludes halogenated alkanes) is 2. The highest BCUT2D eigenvalue weighted by Gasteiger charge is 2.40. The van der Waals surface area contributed by atoms with E-state index in [9.17, 15) is 0 Å². The lowest BCUT2D eigenvalue weighted by atomic mass is 9.91.